The average molecular weight is 289 g/mol. The van der Waals surface area contributed by atoms with Gasteiger partial charge in [-0.3, -0.25) is 4.79 Å². The third kappa shape index (κ3) is 3.06. The standard InChI is InChI=1S/C15H19N3O3/c19-8-9-21-13-2-1-6-18(11-13)15(20)12-3-4-14-16-5-7-17(14)10-12/h3-5,7,10,13,19H,1-2,6,8-9,11H2. The highest BCUT2D eigenvalue weighted by Gasteiger charge is 2.25. The van der Waals surface area contributed by atoms with Gasteiger partial charge in [0.15, 0.2) is 0 Å². The number of nitrogens with zero attached hydrogens (tertiary/aromatic N) is 3. The number of ether oxygens (including phenoxy) is 1. The summed E-state index contributed by atoms with van der Waals surface area (Å²) in [4.78, 5) is 18.6. The molecule has 0 aliphatic carbocycles. The van der Waals surface area contributed by atoms with E-state index < -0.39 is 0 Å². The van der Waals surface area contributed by atoms with E-state index in [2.05, 4.69) is 4.98 Å². The largest absolute Gasteiger partial charge is 0.394 e. The molecule has 0 bridgehead atoms. The molecule has 21 heavy (non-hydrogen) atoms. The van der Waals surface area contributed by atoms with Crippen molar-refractivity contribution in [3.63, 3.8) is 0 Å². The molecular formula is C15H19N3O3. The highest BCUT2D eigenvalue weighted by molar-refractivity contribution is 5.94. The van der Waals surface area contributed by atoms with Crippen LogP contribution in [0.25, 0.3) is 5.65 Å². The van der Waals surface area contributed by atoms with Gasteiger partial charge in [0.05, 0.1) is 24.9 Å². The van der Waals surface area contributed by atoms with Gasteiger partial charge in [0.25, 0.3) is 5.91 Å². The van der Waals surface area contributed by atoms with Crippen molar-refractivity contribution in [2.75, 3.05) is 26.3 Å². The molecule has 1 fully saturated rings. The fraction of sp³-hybridized carbons (Fsp3) is 0.467. The number of aliphatic hydroxyl groups excluding tert-OH is 1. The molecule has 0 spiro atoms. The van der Waals surface area contributed by atoms with Crippen LogP contribution in [0.2, 0.25) is 0 Å². The number of rotatable bonds is 4. The number of pyridine rings is 1. The van der Waals surface area contributed by atoms with E-state index >= 15 is 0 Å². The molecule has 6 heteroatoms. The summed E-state index contributed by atoms with van der Waals surface area (Å²) < 4.78 is 7.39. The van der Waals surface area contributed by atoms with Crippen LogP contribution in [0.4, 0.5) is 0 Å². The van der Waals surface area contributed by atoms with Crippen LogP contribution in [-0.4, -0.2) is 57.7 Å². The molecule has 1 saturated heterocycles. The fourth-order valence-electron chi connectivity index (χ4n) is 2.71. The van der Waals surface area contributed by atoms with Crippen LogP contribution < -0.4 is 0 Å². The minimum Gasteiger partial charge on any atom is -0.394 e. The first-order valence-corrected chi connectivity index (χ1v) is 7.22. The second-order valence-electron chi connectivity index (χ2n) is 5.22. The summed E-state index contributed by atoms with van der Waals surface area (Å²) in [5.74, 6) is 0.0166. The summed E-state index contributed by atoms with van der Waals surface area (Å²) in [6.45, 7) is 1.68. The van der Waals surface area contributed by atoms with Crippen LogP contribution in [0, 0.1) is 0 Å². The normalized spacial score (nSPS) is 19.1. The summed E-state index contributed by atoms with van der Waals surface area (Å²) in [6, 6.07) is 3.65. The second kappa shape index (κ2) is 6.24. The third-order valence-electron chi connectivity index (χ3n) is 3.75. The van der Waals surface area contributed by atoms with Crippen molar-refractivity contribution in [2.24, 2.45) is 0 Å². The number of likely N-dealkylation sites (tertiary alicyclic amines) is 1. The van der Waals surface area contributed by atoms with E-state index in [4.69, 9.17) is 9.84 Å². The SMILES string of the molecule is O=C(c1ccc2nccn2c1)N1CCCC(OCCO)C1. The topological polar surface area (TPSA) is 67.1 Å². The molecular weight excluding hydrogens is 270 g/mol. The molecule has 0 radical (unpaired) electrons. The fourth-order valence-corrected chi connectivity index (χ4v) is 2.71. The molecule has 1 aliphatic heterocycles. The highest BCUT2D eigenvalue weighted by atomic mass is 16.5. The molecule has 3 heterocycles. The molecule has 6 nitrogen and oxygen atoms in total. The molecule has 1 atom stereocenters. The molecule has 112 valence electrons. The number of carbonyl (C=O) groups is 1. The van der Waals surface area contributed by atoms with E-state index in [1.165, 1.54) is 0 Å². The van der Waals surface area contributed by atoms with Gasteiger partial charge in [-0.25, -0.2) is 4.98 Å². The zero-order chi connectivity index (χ0) is 14.7. The molecule has 1 aliphatic rings. The summed E-state index contributed by atoms with van der Waals surface area (Å²) in [7, 11) is 0. The Labute approximate surface area is 123 Å². The average Bonchev–Trinajstić information content (AvgIpc) is 3.00. The van der Waals surface area contributed by atoms with E-state index in [9.17, 15) is 4.79 Å². The van der Waals surface area contributed by atoms with E-state index in [1.54, 1.807) is 6.20 Å². The number of aliphatic hydroxyl groups is 1. The van der Waals surface area contributed by atoms with Crippen LogP contribution in [0.15, 0.2) is 30.7 Å². The minimum absolute atomic E-state index is 0.0156. The third-order valence-corrected chi connectivity index (χ3v) is 3.75. The van der Waals surface area contributed by atoms with Crippen molar-refractivity contribution in [2.45, 2.75) is 18.9 Å². The molecule has 2 aromatic heterocycles. The van der Waals surface area contributed by atoms with Crippen molar-refractivity contribution in [3.8, 4) is 0 Å². The number of hydrogen-bond acceptors (Lipinski definition) is 4. The molecule has 0 aromatic carbocycles. The Bertz CT molecular complexity index is 625. The van der Waals surface area contributed by atoms with Gasteiger partial charge in [-0.2, -0.15) is 0 Å². The van der Waals surface area contributed by atoms with Gasteiger partial charge in [-0.05, 0) is 25.0 Å². The Hall–Kier alpha value is -1.92. The molecule has 1 N–H and O–H groups in total. The summed E-state index contributed by atoms with van der Waals surface area (Å²) in [6.07, 6.45) is 7.23. The van der Waals surface area contributed by atoms with Gasteiger partial charge in [0.2, 0.25) is 0 Å². The Morgan fingerprint density at radius 1 is 1.48 bits per heavy atom. The maximum absolute atomic E-state index is 12.6. The predicted molar refractivity (Wildman–Crippen MR) is 77.2 cm³/mol. The molecule has 2 aromatic rings. The van der Waals surface area contributed by atoms with Gasteiger partial charge in [-0.15, -0.1) is 0 Å². The summed E-state index contributed by atoms with van der Waals surface area (Å²) >= 11 is 0. The number of carbonyl (C=O) groups excluding carboxylic acids is 1. The first kappa shape index (κ1) is 14.0. The maximum Gasteiger partial charge on any atom is 0.255 e. The highest BCUT2D eigenvalue weighted by Crippen LogP contribution is 2.16. The Kier molecular flexibility index (Phi) is 4.17. The number of aromatic nitrogens is 2. The first-order valence-electron chi connectivity index (χ1n) is 7.22. The lowest BCUT2D eigenvalue weighted by Crippen LogP contribution is -2.43. The Morgan fingerprint density at radius 3 is 3.24 bits per heavy atom. The van der Waals surface area contributed by atoms with Crippen molar-refractivity contribution in [1.29, 1.82) is 0 Å². The molecule has 3 rings (SSSR count). The van der Waals surface area contributed by atoms with Crippen LogP contribution in [0.1, 0.15) is 23.2 Å². The Balaban J connectivity index is 1.71. The number of amides is 1. The van der Waals surface area contributed by atoms with Gasteiger partial charge in [0, 0.05) is 31.7 Å². The van der Waals surface area contributed by atoms with E-state index in [0.29, 0.717) is 18.7 Å². The van der Waals surface area contributed by atoms with Gasteiger partial charge in [0.1, 0.15) is 5.65 Å². The quantitative estimate of drug-likeness (QED) is 0.910. The van der Waals surface area contributed by atoms with Crippen molar-refractivity contribution >= 4 is 11.6 Å². The van der Waals surface area contributed by atoms with E-state index in [1.807, 2.05) is 33.8 Å². The van der Waals surface area contributed by atoms with Crippen LogP contribution >= 0.6 is 0 Å². The lowest BCUT2D eigenvalue weighted by Gasteiger charge is -2.32. The van der Waals surface area contributed by atoms with Crippen LogP contribution in [0.3, 0.4) is 0 Å². The number of piperidine rings is 1. The summed E-state index contributed by atoms with van der Waals surface area (Å²) in [5, 5.41) is 8.82. The van der Waals surface area contributed by atoms with Gasteiger partial charge in [-0.1, -0.05) is 0 Å². The van der Waals surface area contributed by atoms with Crippen molar-refractivity contribution in [1.82, 2.24) is 14.3 Å². The van der Waals surface area contributed by atoms with Crippen LogP contribution in [-0.2, 0) is 4.74 Å². The predicted octanol–water partition coefficient (Wildman–Crippen LogP) is 0.948. The first-order chi connectivity index (χ1) is 10.3. The zero-order valence-corrected chi connectivity index (χ0v) is 11.8. The summed E-state index contributed by atoms with van der Waals surface area (Å²) in [5.41, 5.74) is 1.48. The van der Waals surface area contributed by atoms with Gasteiger partial charge < -0.3 is 19.1 Å². The Morgan fingerprint density at radius 2 is 2.38 bits per heavy atom. The van der Waals surface area contributed by atoms with Gasteiger partial charge >= 0.3 is 0 Å². The number of hydrogen-bond donors (Lipinski definition) is 1. The second-order valence-corrected chi connectivity index (χ2v) is 5.22. The minimum atomic E-state index is 0.0156. The lowest BCUT2D eigenvalue weighted by atomic mass is 10.1. The molecule has 0 saturated carbocycles. The molecule has 1 amide bonds. The van der Waals surface area contributed by atoms with Crippen molar-refractivity contribution in [3.05, 3.63) is 36.3 Å². The van der Waals surface area contributed by atoms with E-state index in [0.717, 1.165) is 25.0 Å². The molecule has 1 unspecified atom stereocenters. The number of fused-ring (bicyclic) bond motifs is 1. The smallest absolute Gasteiger partial charge is 0.255 e. The zero-order valence-electron chi connectivity index (χ0n) is 11.8. The van der Waals surface area contributed by atoms with Crippen LogP contribution in [0.5, 0.6) is 0 Å². The van der Waals surface area contributed by atoms with E-state index in [-0.39, 0.29) is 18.6 Å². The monoisotopic (exact) mass is 289 g/mol. The lowest BCUT2D eigenvalue weighted by molar-refractivity contribution is -0.0110. The number of imidazole rings is 1. The van der Waals surface area contributed by atoms with Crippen molar-refractivity contribution < 1.29 is 14.6 Å². The maximum atomic E-state index is 12.6.